The fraction of sp³-hybridized carbons (Fsp3) is 0.588. The van der Waals surface area contributed by atoms with Gasteiger partial charge in [0.1, 0.15) is 11.6 Å². The highest BCUT2D eigenvalue weighted by Crippen LogP contribution is 2.23. The van der Waals surface area contributed by atoms with Crippen molar-refractivity contribution in [1.82, 2.24) is 15.2 Å². The second-order valence-corrected chi connectivity index (χ2v) is 6.82. The Morgan fingerprint density at radius 1 is 1.42 bits per heavy atom. The van der Waals surface area contributed by atoms with Crippen LogP contribution >= 0.6 is 0 Å². The van der Waals surface area contributed by atoms with Crippen molar-refractivity contribution in [3.05, 3.63) is 30.1 Å². The van der Waals surface area contributed by atoms with E-state index in [0.717, 1.165) is 5.56 Å². The molecule has 7 heteroatoms. The summed E-state index contributed by atoms with van der Waals surface area (Å²) < 4.78 is 10.7. The smallest absolute Gasteiger partial charge is 0.411 e. The maximum atomic E-state index is 12.5. The summed E-state index contributed by atoms with van der Waals surface area (Å²) in [6.07, 6.45) is 3.15. The summed E-state index contributed by atoms with van der Waals surface area (Å²) in [5.41, 5.74) is 0.287. The maximum absolute atomic E-state index is 12.5. The normalized spacial score (nSPS) is 20.8. The number of hydrogen-bond donors (Lipinski definition) is 1. The molecule has 0 radical (unpaired) electrons. The van der Waals surface area contributed by atoms with Gasteiger partial charge in [-0.2, -0.15) is 0 Å². The molecule has 0 aromatic carbocycles. The van der Waals surface area contributed by atoms with Crippen LogP contribution in [-0.2, 0) is 20.8 Å². The first-order chi connectivity index (χ1) is 11.3. The first-order valence-corrected chi connectivity index (χ1v) is 7.99. The zero-order chi connectivity index (χ0) is 17.7. The van der Waals surface area contributed by atoms with Crippen LogP contribution in [0.2, 0.25) is 0 Å². The van der Waals surface area contributed by atoms with E-state index in [1.807, 2.05) is 12.1 Å². The van der Waals surface area contributed by atoms with Gasteiger partial charge in [0.25, 0.3) is 0 Å². The van der Waals surface area contributed by atoms with E-state index >= 15 is 0 Å². The summed E-state index contributed by atoms with van der Waals surface area (Å²) in [4.78, 5) is 30.3. The fourth-order valence-electron chi connectivity index (χ4n) is 2.55. The lowest BCUT2D eigenvalue weighted by Crippen LogP contribution is -2.47. The van der Waals surface area contributed by atoms with Gasteiger partial charge in [-0.05, 0) is 32.4 Å². The Balaban J connectivity index is 2.01. The molecule has 1 aromatic heterocycles. The minimum Gasteiger partial charge on any atom is -0.444 e. The summed E-state index contributed by atoms with van der Waals surface area (Å²) in [7, 11) is 1.58. The summed E-state index contributed by atoms with van der Waals surface area (Å²) in [6.45, 7) is 6.10. The minimum atomic E-state index is -0.612. The second-order valence-electron chi connectivity index (χ2n) is 6.82. The molecule has 0 bridgehead atoms. The van der Waals surface area contributed by atoms with Crippen molar-refractivity contribution in [1.29, 1.82) is 0 Å². The molecule has 2 rings (SSSR count). The van der Waals surface area contributed by atoms with Crippen LogP contribution in [-0.4, -0.2) is 53.3 Å². The number of amides is 2. The van der Waals surface area contributed by atoms with Crippen molar-refractivity contribution in [2.75, 3.05) is 13.7 Å². The zero-order valence-corrected chi connectivity index (χ0v) is 14.6. The molecule has 24 heavy (non-hydrogen) atoms. The molecule has 2 unspecified atom stereocenters. The molecule has 1 aliphatic rings. The first kappa shape index (κ1) is 18.2. The Hall–Kier alpha value is -2.15. The van der Waals surface area contributed by atoms with Crippen molar-refractivity contribution in [2.24, 2.45) is 0 Å². The van der Waals surface area contributed by atoms with Gasteiger partial charge >= 0.3 is 6.09 Å². The average Bonchev–Trinajstić information content (AvgIpc) is 2.96. The van der Waals surface area contributed by atoms with Gasteiger partial charge in [0, 0.05) is 32.5 Å². The molecule has 1 aromatic rings. The van der Waals surface area contributed by atoms with Gasteiger partial charge in [-0.3, -0.25) is 14.7 Å². The third-order valence-corrected chi connectivity index (χ3v) is 3.72. The van der Waals surface area contributed by atoms with Gasteiger partial charge in [0.05, 0.1) is 12.6 Å². The lowest BCUT2D eigenvalue weighted by molar-refractivity contribution is -0.125. The molecule has 1 aliphatic heterocycles. The highest BCUT2D eigenvalue weighted by atomic mass is 16.6. The summed E-state index contributed by atoms with van der Waals surface area (Å²) in [5.74, 6) is -0.218. The molecule has 0 spiro atoms. The number of ether oxygens (including phenoxy) is 2. The van der Waals surface area contributed by atoms with Crippen LogP contribution < -0.4 is 5.32 Å². The van der Waals surface area contributed by atoms with Gasteiger partial charge in [-0.25, -0.2) is 4.79 Å². The van der Waals surface area contributed by atoms with Crippen molar-refractivity contribution in [2.45, 2.75) is 51.5 Å². The quantitative estimate of drug-likeness (QED) is 0.906. The third-order valence-electron chi connectivity index (χ3n) is 3.72. The number of nitrogens with zero attached hydrogens (tertiary/aromatic N) is 2. The van der Waals surface area contributed by atoms with E-state index in [0.29, 0.717) is 19.5 Å². The molecule has 7 nitrogen and oxygen atoms in total. The molecule has 1 saturated heterocycles. The van der Waals surface area contributed by atoms with Gasteiger partial charge < -0.3 is 14.8 Å². The topological polar surface area (TPSA) is 80.8 Å². The van der Waals surface area contributed by atoms with Gasteiger partial charge in [-0.1, -0.05) is 6.07 Å². The monoisotopic (exact) mass is 335 g/mol. The number of methoxy groups -OCH3 is 1. The van der Waals surface area contributed by atoms with E-state index in [9.17, 15) is 9.59 Å². The molecule has 132 valence electrons. The number of carbonyl (C=O) groups excluding carboxylic acids is 2. The molecule has 2 atom stereocenters. The van der Waals surface area contributed by atoms with Crippen LogP contribution in [0.5, 0.6) is 0 Å². The van der Waals surface area contributed by atoms with E-state index in [1.54, 1.807) is 40.3 Å². The molecule has 2 heterocycles. The molecule has 2 amide bonds. The van der Waals surface area contributed by atoms with Crippen LogP contribution in [0, 0.1) is 0 Å². The predicted molar refractivity (Wildman–Crippen MR) is 88.2 cm³/mol. The van der Waals surface area contributed by atoms with Gasteiger partial charge in [0.15, 0.2) is 0 Å². The van der Waals surface area contributed by atoms with E-state index in [4.69, 9.17) is 9.47 Å². The number of nitrogens with one attached hydrogen (secondary N) is 1. The number of carbonyl (C=O) groups is 2. The standard InChI is InChI=1S/C17H25N3O4/c1-17(2,3)24-16(22)20-11-13(23-4)8-14(20)15(21)19-10-12-6-5-7-18-9-12/h5-7,9,13-14H,8,10-11H2,1-4H3,(H,19,21). The maximum Gasteiger partial charge on any atom is 0.411 e. The Bertz CT molecular complexity index is 571. The Morgan fingerprint density at radius 2 is 2.17 bits per heavy atom. The Kier molecular flexibility index (Phi) is 5.77. The number of aromatic nitrogens is 1. The molecule has 0 aliphatic carbocycles. The summed E-state index contributed by atoms with van der Waals surface area (Å²) >= 11 is 0. The van der Waals surface area contributed by atoms with Crippen LogP contribution in [0.4, 0.5) is 4.79 Å². The molecule has 1 N–H and O–H groups in total. The summed E-state index contributed by atoms with van der Waals surface area (Å²) in [5, 5.41) is 2.85. The lowest BCUT2D eigenvalue weighted by Gasteiger charge is -2.27. The Morgan fingerprint density at radius 3 is 2.75 bits per heavy atom. The van der Waals surface area contributed by atoms with Crippen molar-refractivity contribution in [3.63, 3.8) is 0 Å². The Labute approximate surface area is 142 Å². The van der Waals surface area contributed by atoms with Crippen molar-refractivity contribution >= 4 is 12.0 Å². The number of pyridine rings is 1. The second kappa shape index (κ2) is 7.61. The largest absolute Gasteiger partial charge is 0.444 e. The van der Waals surface area contributed by atoms with Crippen molar-refractivity contribution < 1.29 is 19.1 Å². The van der Waals surface area contributed by atoms with E-state index in [2.05, 4.69) is 10.3 Å². The highest BCUT2D eigenvalue weighted by molar-refractivity contribution is 5.86. The minimum absolute atomic E-state index is 0.174. The van der Waals surface area contributed by atoms with Gasteiger partial charge in [0.2, 0.25) is 5.91 Å². The molecule has 0 saturated carbocycles. The molecular weight excluding hydrogens is 310 g/mol. The number of hydrogen-bond acceptors (Lipinski definition) is 5. The van der Waals surface area contributed by atoms with Crippen LogP contribution in [0.3, 0.4) is 0 Å². The lowest BCUT2D eigenvalue weighted by atomic mass is 10.1. The number of rotatable bonds is 4. The van der Waals surface area contributed by atoms with Crippen LogP contribution in [0.25, 0.3) is 0 Å². The predicted octanol–water partition coefficient (Wildman–Crippen LogP) is 1.72. The van der Waals surface area contributed by atoms with E-state index in [-0.39, 0.29) is 12.0 Å². The molecule has 1 fully saturated rings. The van der Waals surface area contributed by atoms with Crippen molar-refractivity contribution in [3.8, 4) is 0 Å². The summed E-state index contributed by atoms with van der Waals surface area (Å²) in [6, 6.07) is 3.10. The first-order valence-electron chi connectivity index (χ1n) is 7.99. The van der Waals surface area contributed by atoms with Crippen LogP contribution in [0.15, 0.2) is 24.5 Å². The highest BCUT2D eigenvalue weighted by Gasteiger charge is 2.41. The SMILES string of the molecule is COC1CC(C(=O)NCc2cccnc2)N(C(=O)OC(C)(C)C)C1. The van der Waals surface area contributed by atoms with E-state index in [1.165, 1.54) is 4.90 Å². The van der Waals surface area contributed by atoms with Crippen LogP contribution in [0.1, 0.15) is 32.8 Å². The zero-order valence-electron chi connectivity index (χ0n) is 14.6. The van der Waals surface area contributed by atoms with E-state index < -0.39 is 17.7 Å². The average molecular weight is 335 g/mol. The fourth-order valence-corrected chi connectivity index (χ4v) is 2.55. The third kappa shape index (κ3) is 4.92. The molecular formula is C17H25N3O4. The van der Waals surface area contributed by atoms with Gasteiger partial charge in [-0.15, -0.1) is 0 Å². The number of likely N-dealkylation sites (tertiary alicyclic amines) is 1.